The third kappa shape index (κ3) is 1.52. The van der Waals surface area contributed by atoms with Gasteiger partial charge >= 0.3 is 5.63 Å². The van der Waals surface area contributed by atoms with E-state index in [1.807, 2.05) is 0 Å². The van der Waals surface area contributed by atoms with Crippen molar-refractivity contribution in [3.63, 3.8) is 0 Å². The van der Waals surface area contributed by atoms with Gasteiger partial charge in [-0.15, -0.1) is 0 Å². The summed E-state index contributed by atoms with van der Waals surface area (Å²) < 4.78 is 9.95. The van der Waals surface area contributed by atoms with Crippen LogP contribution in [0.4, 0.5) is 0 Å². The number of primary amides is 1. The van der Waals surface area contributed by atoms with Crippen LogP contribution < -0.4 is 16.1 Å². The predicted molar refractivity (Wildman–Crippen MR) is 57.6 cm³/mol. The lowest BCUT2D eigenvalue weighted by molar-refractivity contribution is 0.0998. The smallest absolute Gasteiger partial charge is 0.336 e. The molecule has 82 valence electrons. The summed E-state index contributed by atoms with van der Waals surface area (Å²) in [6.07, 6.45) is 0. The molecule has 0 unspecified atom stereocenters. The molecule has 0 aliphatic carbocycles. The van der Waals surface area contributed by atoms with E-state index in [-0.39, 0.29) is 16.9 Å². The largest absolute Gasteiger partial charge is 0.496 e. The van der Waals surface area contributed by atoms with E-state index in [4.69, 9.17) is 14.9 Å². The zero-order valence-corrected chi connectivity index (χ0v) is 8.52. The van der Waals surface area contributed by atoms with E-state index in [2.05, 4.69) is 0 Å². The molecule has 16 heavy (non-hydrogen) atoms. The summed E-state index contributed by atoms with van der Waals surface area (Å²) in [5.41, 5.74) is 4.92. The van der Waals surface area contributed by atoms with E-state index >= 15 is 0 Å². The highest BCUT2D eigenvalue weighted by molar-refractivity contribution is 6.06. The predicted octanol–water partition coefficient (Wildman–Crippen LogP) is 0.901. The molecule has 0 saturated carbocycles. The van der Waals surface area contributed by atoms with Crippen molar-refractivity contribution in [2.45, 2.75) is 0 Å². The number of hydrogen-bond acceptors (Lipinski definition) is 4. The highest BCUT2D eigenvalue weighted by Crippen LogP contribution is 2.26. The van der Waals surface area contributed by atoms with E-state index in [1.165, 1.54) is 13.2 Å². The van der Waals surface area contributed by atoms with Crippen molar-refractivity contribution in [1.82, 2.24) is 0 Å². The number of ether oxygens (including phenoxy) is 1. The van der Waals surface area contributed by atoms with E-state index in [0.717, 1.165) is 0 Å². The summed E-state index contributed by atoms with van der Waals surface area (Å²) in [7, 11) is 1.41. The number of carbonyl (C=O) groups excluding carboxylic acids is 1. The average molecular weight is 219 g/mol. The van der Waals surface area contributed by atoms with Crippen molar-refractivity contribution in [2.75, 3.05) is 7.11 Å². The lowest BCUT2D eigenvalue weighted by atomic mass is 10.1. The Balaban J connectivity index is 2.92. The lowest BCUT2D eigenvalue weighted by Crippen LogP contribution is -2.14. The molecule has 2 aromatic rings. The number of nitrogens with two attached hydrogens (primary N) is 1. The molecule has 0 spiro atoms. The van der Waals surface area contributed by atoms with Gasteiger partial charge in [0.15, 0.2) is 5.58 Å². The summed E-state index contributed by atoms with van der Waals surface area (Å²) in [4.78, 5) is 22.4. The van der Waals surface area contributed by atoms with Crippen LogP contribution in [0.2, 0.25) is 0 Å². The van der Waals surface area contributed by atoms with Crippen LogP contribution in [0, 0.1) is 0 Å². The first-order valence-electron chi connectivity index (χ1n) is 4.54. The Labute approximate surface area is 90.4 Å². The van der Waals surface area contributed by atoms with Gasteiger partial charge in [-0.2, -0.15) is 0 Å². The molecule has 1 amide bonds. The third-order valence-electron chi connectivity index (χ3n) is 2.22. The Kier molecular flexibility index (Phi) is 2.36. The molecule has 1 heterocycles. The molecule has 0 fully saturated rings. The molecule has 0 saturated heterocycles. The summed E-state index contributed by atoms with van der Waals surface area (Å²) in [6.45, 7) is 0. The first kappa shape index (κ1) is 10.2. The van der Waals surface area contributed by atoms with Gasteiger partial charge in [0.25, 0.3) is 5.91 Å². The molecule has 5 nitrogen and oxygen atoms in total. The topological polar surface area (TPSA) is 82.5 Å². The molecular weight excluding hydrogens is 210 g/mol. The minimum absolute atomic E-state index is 0.0812. The SMILES string of the molecule is COc1ccc2ccc(=O)oc2c1C(N)=O. The number of methoxy groups -OCH3 is 1. The zero-order valence-electron chi connectivity index (χ0n) is 8.52. The van der Waals surface area contributed by atoms with E-state index in [0.29, 0.717) is 5.39 Å². The standard InChI is InChI=1S/C11H9NO4/c1-15-7-4-2-6-3-5-8(13)16-10(6)9(7)11(12)14/h2-5H,1H3,(H2,12,14). The van der Waals surface area contributed by atoms with Gasteiger partial charge in [0.05, 0.1) is 7.11 Å². The first-order chi connectivity index (χ1) is 7.63. The summed E-state index contributed by atoms with van der Waals surface area (Å²) in [6, 6.07) is 6.12. The highest BCUT2D eigenvalue weighted by Gasteiger charge is 2.15. The molecule has 0 bridgehead atoms. The summed E-state index contributed by atoms with van der Waals surface area (Å²) in [5.74, 6) is -0.411. The van der Waals surface area contributed by atoms with Crippen LogP contribution in [0.25, 0.3) is 11.0 Å². The summed E-state index contributed by atoms with van der Waals surface area (Å²) in [5, 5.41) is 0.620. The minimum atomic E-state index is -0.697. The van der Waals surface area contributed by atoms with Crippen LogP contribution in [-0.4, -0.2) is 13.0 Å². The van der Waals surface area contributed by atoms with Crippen LogP contribution in [0.1, 0.15) is 10.4 Å². The number of carbonyl (C=O) groups is 1. The second-order valence-corrected chi connectivity index (χ2v) is 3.18. The number of fused-ring (bicyclic) bond motifs is 1. The molecule has 0 aliphatic rings. The fourth-order valence-electron chi connectivity index (χ4n) is 1.52. The van der Waals surface area contributed by atoms with Crippen LogP contribution >= 0.6 is 0 Å². The van der Waals surface area contributed by atoms with Crippen molar-refractivity contribution < 1.29 is 13.9 Å². The Morgan fingerprint density at radius 2 is 2.00 bits per heavy atom. The molecule has 0 aliphatic heterocycles. The van der Waals surface area contributed by atoms with Crippen molar-refractivity contribution >= 4 is 16.9 Å². The number of benzene rings is 1. The van der Waals surface area contributed by atoms with Gasteiger partial charge in [-0.25, -0.2) is 4.79 Å². The lowest BCUT2D eigenvalue weighted by Gasteiger charge is -2.07. The van der Waals surface area contributed by atoms with Crippen LogP contribution in [0.3, 0.4) is 0 Å². The molecule has 1 aromatic heterocycles. The average Bonchev–Trinajstić information content (AvgIpc) is 2.26. The first-order valence-corrected chi connectivity index (χ1v) is 4.54. The third-order valence-corrected chi connectivity index (χ3v) is 2.22. The quantitative estimate of drug-likeness (QED) is 0.760. The van der Waals surface area contributed by atoms with Crippen molar-refractivity contribution in [3.05, 3.63) is 40.2 Å². The summed E-state index contributed by atoms with van der Waals surface area (Å²) >= 11 is 0. The normalized spacial score (nSPS) is 10.3. The van der Waals surface area contributed by atoms with E-state index in [9.17, 15) is 9.59 Å². The Hall–Kier alpha value is -2.30. The highest BCUT2D eigenvalue weighted by atomic mass is 16.5. The Morgan fingerprint density at radius 1 is 1.31 bits per heavy atom. The molecule has 0 atom stereocenters. The Morgan fingerprint density at radius 3 is 2.62 bits per heavy atom. The molecule has 5 heteroatoms. The monoisotopic (exact) mass is 219 g/mol. The molecular formula is C11H9NO4. The maximum absolute atomic E-state index is 11.3. The maximum atomic E-state index is 11.3. The zero-order chi connectivity index (χ0) is 11.7. The number of rotatable bonds is 2. The van der Waals surface area contributed by atoms with Crippen molar-refractivity contribution in [1.29, 1.82) is 0 Å². The van der Waals surface area contributed by atoms with E-state index < -0.39 is 11.5 Å². The van der Waals surface area contributed by atoms with Gasteiger partial charge < -0.3 is 14.9 Å². The van der Waals surface area contributed by atoms with Gasteiger partial charge in [0.1, 0.15) is 11.3 Å². The van der Waals surface area contributed by atoms with Crippen molar-refractivity contribution in [3.8, 4) is 5.75 Å². The van der Waals surface area contributed by atoms with Crippen LogP contribution in [-0.2, 0) is 0 Å². The van der Waals surface area contributed by atoms with Gasteiger partial charge in [-0.05, 0) is 18.2 Å². The van der Waals surface area contributed by atoms with Crippen LogP contribution in [0.15, 0.2) is 33.5 Å². The van der Waals surface area contributed by atoms with Gasteiger partial charge in [0.2, 0.25) is 0 Å². The van der Waals surface area contributed by atoms with Gasteiger partial charge in [-0.3, -0.25) is 4.79 Å². The van der Waals surface area contributed by atoms with Crippen LogP contribution in [0.5, 0.6) is 5.75 Å². The molecule has 0 radical (unpaired) electrons. The second-order valence-electron chi connectivity index (χ2n) is 3.18. The Bertz CT molecular complexity index is 615. The number of hydrogen-bond donors (Lipinski definition) is 1. The van der Waals surface area contributed by atoms with Gasteiger partial charge in [-0.1, -0.05) is 0 Å². The van der Waals surface area contributed by atoms with E-state index in [1.54, 1.807) is 18.2 Å². The van der Waals surface area contributed by atoms with Crippen molar-refractivity contribution in [2.24, 2.45) is 5.73 Å². The molecule has 2 rings (SSSR count). The fourth-order valence-corrected chi connectivity index (χ4v) is 1.52. The molecule has 1 aromatic carbocycles. The second kappa shape index (κ2) is 3.69. The van der Waals surface area contributed by atoms with Gasteiger partial charge in [0, 0.05) is 11.5 Å². The molecule has 2 N–H and O–H groups in total. The number of amides is 1. The maximum Gasteiger partial charge on any atom is 0.336 e. The minimum Gasteiger partial charge on any atom is -0.496 e. The fraction of sp³-hybridized carbons (Fsp3) is 0.0909.